The molecule has 0 aliphatic carbocycles. The molecule has 1 aromatic carbocycles. The van der Waals surface area contributed by atoms with E-state index in [1.807, 2.05) is 30.3 Å². The molecule has 0 bridgehead atoms. The Labute approximate surface area is 229 Å². The first-order chi connectivity index (χ1) is 18.2. The lowest BCUT2D eigenvalue weighted by atomic mass is 9.66. The lowest BCUT2D eigenvalue weighted by Crippen LogP contribution is -2.55. The molecule has 0 aliphatic heterocycles. The molecule has 4 heteroatoms. The van der Waals surface area contributed by atoms with Crippen molar-refractivity contribution in [1.29, 1.82) is 0 Å². The first-order valence-electron chi connectivity index (χ1n) is 15.7. The Kier molecular flexibility index (Phi) is 20.2. The van der Waals surface area contributed by atoms with Crippen molar-refractivity contribution < 1.29 is 20.1 Å². The van der Waals surface area contributed by atoms with Crippen molar-refractivity contribution >= 4 is 0 Å². The van der Waals surface area contributed by atoms with Crippen molar-refractivity contribution in [3.05, 3.63) is 35.9 Å². The van der Waals surface area contributed by atoms with E-state index in [4.69, 9.17) is 4.74 Å². The van der Waals surface area contributed by atoms with Gasteiger partial charge in [-0.3, -0.25) is 0 Å². The Morgan fingerprint density at radius 2 is 0.946 bits per heavy atom. The number of rotatable bonds is 26. The summed E-state index contributed by atoms with van der Waals surface area (Å²) in [6, 6.07) is 9.99. The fourth-order valence-electron chi connectivity index (χ4n) is 5.61. The van der Waals surface area contributed by atoms with E-state index in [-0.39, 0.29) is 19.8 Å². The summed E-state index contributed by atoms with van der Waals surface area (Å²) in [7, 11) is 0. The van der Waals surface area contributed by atoms with Crippen molar-refractivity contribution in [2.45, 2.75) is 141 Å². The Balaban J connectivity index is 2.71. The van der Waals surface area contributed by atoms with Gasteiger partial charge in [-0.2, -0.15) is 0 Å². The summed E-state index contributed by atoms with van der Waals surface area (Å²) < 4.78 is 6.70. The topological polar surface area (TPSA) is 69.9 Å². The molecule has 0 heterocycles. The molecular weight excluding hydrogens is 460 g/mol. The fourth-order valence-corrected chi connectivity index (χ4v) is 5.61. The molecule has 1 rings (SSSR count). The molecule has 0 aromatic heterocycles. The van der Waals surface area contributed by atoms with Crippen LogP contribution in [0.2, 0.25) is 0 Å². The van der Waals surface area contributed by atoms with Crippen LogP contribution in [0.5, 0.6) is 0 Å². The highest BCUT2D eigenvalue weighted by atomic mass is 16.5. The van der Waals surface area contributed by atoms with Crippen LogP contribution in [0.4, 0.5) is 0 Å². The lowest BCUT2D eigenvalue weighted by molar-refractivity contribution is -0.197. The third kappa shape index (κ3) is 12.2. The summed E-state index contributed by atoms with van der Waals surface area (Å²) in [6.45, 7) is 4.13. The third-order valence-electron chi connectivity index (χ3n) is 8.23. The van der Waals surface area contributed by atoms with E-state index < -0.39 is 11.0 Å². The number of aliphatic hydroxyl groups excluding tert-OH is 3. The number of hydrogen-bond acceptors (Lipinski definition) is 4. The van der Waals surface area contributed by atoms with Gasteiger partial charge in [-0.25, -0.2) is 0 Å². The van der Waals surface area contributed by atoms with E-state index in [0.29, 0.717) is 13.0 Å². The van der Waals surface area contributed by atoms with Crippen molar-refractivity contribution in [2.24, 2.45) is 5.41 Å². The number of unbranched alkanes of at least 4 members (excludes halogenated alkanes) is 16. The predicted octanol–water partition coefficient (Wildman–Crippen LogP) is 8.31. The van der Waals surface area contributed by atoms with Gasteiger partial charge in [0.25, 0.3) is 0 Å². The summed E-state index contributed by atoms with van der Waals surface area (Å²) in [5, 5.41) is 31.4. The highest BCUT2D eigenvalue weighted by Crippen LogP contribution is 2.47. The van der Waals surface area contributed by atoms with E-state index >= 15 is 0 Å². The monoisotopic (exact) mass is 520 g/mol. The van der Waals surface area contributed by atoms with Crippen LogP contribution in [0.1, 0.15) is 141 Å². The van der Waals surface area contributed by atoms with Crippen LogP contribution < -0.4 is 0 Å². The van der Waals surface area contributed by atoms with E-state index in [9.17, 15) is 15.3 Å². The minimum atomic E-state index is -1.13. The van der Waals surface area contributed by atoms with Gasteiger partial charge >= 0.3 is 0 Å². The van der Waals surface area contributed by atoms with Gasteiger partial charge in [-0.05, 0) is 18.4 Å². The zero-order chi connectivity index (χ0) is 27.1. The summed E-state index contributed by atoms with van der Waals surface area (Å²) in [5.74, 6) is 0. The average molecular weight is 521 g/mol. The summed E-state index contributed by atoms with van der Waals surface area (Å²) in [6.07, 6.45) is 23.0. The Hall–Kier alpha value is -0.940. The highest BCUT2D eigenvalue weighted by molar-refractivity contribution is 5.26. The molecule has 1 atom stereocenters. The van der Waals surface area contributed by atoms with E-state index in [1.165, 1.54) is 89.9 Å². The van der Waals surface area contributed by atoms with Gasteiger partial charge in [0.1, 0.15) is 5.60 Å². The summed E-state index contributed by atoms with van der Waals surface area (Å²) >= 11 is 0. The lowest BCUT2D eigenvalue weighted by Gasteiger charge is -2.48. The van der Waals surface area contributed by atoms with Crippen LogP contribution in [0.25, 0.3) is 0 Å². The normalized spacial score (nSPS) is 13.6. The van der Waals surface area contributed by atoms with Crippen LogP contribution in [0.15, 0.2) is 30.3 Å². The SMILES string of the molecule is CCCCCCCCCCCCCOC(CCCCCCCCC)(c1ccccc1)C(CO)(CO)CO. The molecule has 0 saturated heterocycles. The van der Waals surface area contributed by atoms with Gasteiger partial charge in [0.05, 0.1) is 25.2 Å². The molecule has 37 heavy (non-hydrogen) atoms. The van der Waals surface area contributed by atoms with Crippen LogP contribution in [0.3, 0.4) is 0 Å². The maximum Gasteiger partial charge on any atom is 0.105 e. The van der Waals surface area contributed by atoms with Crippen LogP contribution in [-0.4, -0.2) is 41.7 Å². The molecule has 0 fully saturated rings. The second-order valence-electron chi connectivity index (χ2n) is 11.2. The van der Waals surface area contributed by atoms with Crippen LogP contribution >= 0.6 is 0 Å². The minimum absolute atomic E-state index is 0.316. The Bertz CT molecular complexity index is 608. The Morgan fingerprint density at radius 3 is 1.38 bits per heavy atom. The molecule has 1 unspecified atom stereocenters. The summed E-state index contributed by atoms with van der Waals surface area (Å²) in [4.78, 5) is 0. The van der Waals surface area contributed by atoms with Crippen molar-refractivity contribution in [3.8, 4) is 0 Å². The molecule has 0 radical (unpaired) electrons. The van der Waals surface area contributed by atoms with E-state index in [0.717, 1.165) is 31.2 Å². The number of ether oxygens (including phenoxy) is 1. The van der Waals surface area contributed by atoms with Crippen LogP contribution in [-0.2, 0) is 10.3 Å². The van der Waals surface area contributed by atoms with Crippen molar-refractivity contribution in [2.75, 3.05) is 26.4 Å². The molecule has 0 aliphatic rings. The molecule has 216 valence electrons. The third-order valence-corrected chi connectivity index (χ3v) is 8.23. The molecule has 4 nitrogen and oxygen atoms in total. The molecular formula is C33H60O4. The number of aliphatic hydroxyl groups is 3. The van der Waals surface area contributed by atoms with Gasteiger partial charge in [-0.15, -0.1) is 0 Å². The number of hydrogen-bond donors (Lipinski definition) is 3. The largest absolute Gasteiger partial charge is 0.395 e. The second-order valence-corrected chi connectivity index (χ2v) is 11.2. The fraction of sp³-hybridized carbons (Fsp3) is 0.818. The zero-order valence-corrected chi connectivity index (χ0v) is 24.4. The molecule has 0 amide bonds. The maximum atomic E-state index is 10.5. The predicted molar refractivity (Wildman–Crippen MR) is 157 cm³/mol. The van der Waals surface area contributed by atoms with Gasteiger partial charge in [0, 0.05) is 6.61 Å². The average Bonchev–Trinajstić information content (AvgIpc) is 2.94. The Morgan fingerprint density at radius 1 is 0.541 bits per heavy atom. The first kappa shape index (κ1) is 34.1. The highest BCUT2D eigenvalue weighted by Gasteiger charge is 2.52. The molecule has 0 spiro atoms. The second kappa shape index (κ2) is 21.9. The molecule has 0 saturated carbocycles. The minimum Gasteiger partial charge on any atom is -0.395 e. The standard InChI is InChI=1S/C33H60O4/c1-3-5-7-9-11-12-13-14-16-18-23-27-37-33(31-24-20-19-21-25-31,32(28-34,29-35)30-36)26-22-17-15-10-8-6-4-2/h19-21,24-25,34-36H,3-18,22-23,26-30H2,1-2H3. The molecule has 3 N–H and O–H groups in total. The van der Waals surface area contributed by atoms with E-state index in [2.05, 4.69) is 13.8 Å². The van der Waals surface area contributed by atoms with Gasteiger partial charge in [0.2, 0.25) is 0 Å². The van der Waals surface area contributed by atoms with Crippen molar-refractivity contribution in [1.82, 2.24) is 0 Å². The quantitative estimate of drug-likeness (QED) is 0.107. The summed E-state index contributed by atoms with van der Waals surface area (Å²) in [5.41, 5.74) is -1.09. The zero-order valence-electron chi connectivity index (χ0n) is 24.4. The molecule has 1 aromatic rings. The maximum absolute atomic E-state index is 10.5. The van der Waals surface area contributed by atoms with Gasteiger partial charge < -0.3 is 20.1 Å². The smallest absolute Gasteiger partial charge is 0.105 e. The van der Waals surface area contributed by atoms with E-state index in [1.54, 1.807) is 0 Å². The van der Waals surface area contributed by atoms with Crippen molar-refractivity contribution in [3.63, 3.8) is 0 Å². The van der Waals surface area contributed by atoms with Crippen LogP contribution in [0, 0.1) is 5.41 Å². The first-order valence-corrected chi connectivity index (χ1v) is 15.7. The van der Waals surface area contributed by atoms with Gasteiger partial charge in [-0.1, -0.05) is 153 Å². The number of benzene rings is 1. The van der Waals surface area contributed by atoms with Gasteiger partial charge in [0.15, 0.2) is 0 Å².